The standard InChI is InChI=1S/C54H44N4O/c1-54(2,45-23-26-51(58-36-45)47-15-9-14-46-48-31-41(33-55)22-27-52(48)59-53(46)47)32-42-29-39(18-16-37-20-24-49(56-34-37)43-10-5-3-6-11-43)28-40(30-42)19-17-38-21-25-50(57-35-38)44-12-7-4-8-13-44/h3-15,20-31,34-36H,16-19,32H2,1-2H3/i16D2,17D2,18D2,19D2,22D,31D. The molecule has 5 aromatic carbocycles. The van der Waals surface area contributed by atoms with Gasteiger partial charge in [-0.3, -0.25) is 15.0 Å². The summed E-state index contributed by atoms with van der Waals surface area (Å²) in [5, 5.41) is 10.7. The molecule has 0 radical (unpaired) electrons. The van der Waals surface area contributed by atoms with Gasteiger partial charge in [0.05, 0.1) is 31.5 Å². The molecule has 0 bridgehead atoms. The number of rotatable bonds is 12. The van der Waals surface area contributed by atoms with Crippen LogP contribution in [0.4, 0.5) is 0 Å². The van der Waals surface area contributed by atoms with Crippen molar-refractivity contribution >= 4 is 21.9 Å². The maximum absolute atomic E-state index is 9.61. The van der Waals surface area contributed by atoms with Gasteiger partial charge in [0.2, 0.25) is 0 Å². The first-order valence-corrected chi connectivity index (χ1v) is 19.3. The molecular weight excluding hydrogens is 721 g/mol. The summed E-state index contributed by atoms with van der Waals surface area (Å²) in [5.41, 5.74) is 4.77. The van der Waals surface area contributed by atoms with Crippen LogP contribution in [0.1, 0.15) is 66.5 Å². The second-order valence-electron chi connectivity index (χ2n) is 14.9. The van der Waals surface area contributed by atoms with Crippen LogP contribution in [0.25, 0.3) is 55.7 Å². The number of para-hydroxylation sites is 1. The van der Waals surface area contributed by atoms with Gasteiger partial charge in [-0.1, -0.05) is 123 Å². The van der Waals surface area contributed by atoms with E-state index < -0.39 is 30.9 Å². The van der Waals surface area contributed by atoms with Crippen LogP contribution >= 0.6 is 0 Å². The van der Waals surface area contributed by atoms with Gasteiger partial charge in [0.25, 0.3) is 0 Å². The van der Waals surface area contributed by atoms with Gasteiger partial charge in [0, 0.05) is 57.0 Å². The maximum Gasteiger partial charge on any atom is 0.144 e. The average Bonchev–Trinajstić information content (AvgIpc) is 3.73. The lowest BCUT2D eigenvalue weighted by Crippen LogP contribution is -2.21. The fraction of sp³-hybridized carbons (Fsp3) is 0.148. The number of nitrogens with zero attached hydrogens (tertiary/aromatic N) is 4. The molecule has 5 heteroatoms. The minimum Gasteiger partial charge on any atom is -0.455 e. The zero-order valence-corrected chi connectivity index (χ0v) is 32.4. The van der Waals surface area contributed by atoms with Crippen molar-refractivity contribution in [1.29, 1.82) is 5.26 Å². The summed E-state index contributed by atoms with van der Waals surface area (Å²) in [5.74, 6) is 0. The Kier molecular flexibility index (Phi) is 7.62. The highest BCUT2D eigenvalue weighted by molar-refractivity contribution is 6.09. The quantitative estimate of drug-likeness (QED) is 0.124. The molecule has 0 spiro atoms. The number of furan rings is 1. The fourth-order valence-corrected chi connectivity index (χ4v) is 7.22. The number of hydrogen-bond acceptors (Lipinski definition) is 5. The third-order valence-corrected chi connectivity index (χ3v) is 10.3. The molecule has 4 heterocycles. The van der Waals surface area contributed by atoms with Gasteiger partial charge in [-0.2, -0.15) is 5.26 Å². The molecule has 0 atom stereocenters. The predicted octanol–water partition coefficient (Wildman–Crippen LogP) is 12.7. The number of fused-ring (bicyclic) bond motifs is 3. The van der Waals surface area contributed by atoms with Crippen molar-refractivity contribution in [3.8, 4) is 39.8 Å². The molecule has 0 saturated carbocycles. The van der Waals surface area contributed by atoms with Crippen LogP contribution in [0.2, 0.25) is 0 Å². The number of hydrogen-bond donors (Lipinski definition) is 0. The molecule has 0 fully saturated rings. The summed E-state index contributed by atoms with van der Waals surface area (Å²) in [4.78, 5) is 13.8. The van der Waals surface area contributed by atoms with Crippen LogP contribution in [-0.4, -0.2) is 15.0 Å². The van der Waals surface area contributed by atoms with E-state index >= 15 is 0 Å². The van der Waals surface area contributed by atoms with E-state index in [0.717, 1.165) is 16.7 Å². The van der Waals surface area contributed by atoms with Gasteiger partial charge in [-0.25, -0.2) is 0 Å². The topological polar surface area (TPSA) is 75.6 Å². The Labute approximate surface area is 359 Å². The molecule has 4 aromatic heterocycles. The van der Waals surface area contributed by atoms with Crippen molar-refractivity contribution in [2.45, 2.75) is 51.2 Å². The zero-order valence-electron chi connectivity index (χ0n) is 42.4. The molecule has 9 rings (SSSR count). The van der Waals surface area contributed by atoms with Crippen LogP contribution in [0, 0.1) is 11.3 Å². The van der Waals surface area contributed by atoms with E-state index in [1.54, 1.807) is 24.4 Å². The second-order valence-corrected chi connectivity index (χ2v) is 14.9. The molecule has 59 heavy (non-hydrogen) atoms. The van der Waals surface area contributed by atoms with E-state index in [2.05, 4.69) is 9.97 Å². The second kappa shape index (κ2) is 16.4. The van der Waals surface area contributed by atoms with Crippen LogP contribution in [0.3, 0.4) is 0 Å². The summed E-state index contributed by atoms with van der Waals surface area (Å²) < 4.78 is 98.1. The summed E-state index contributed by atoms with van der Waals surface area (Å²) in [6.07, 6.45) is -6.40. The van der Waals surface area contributed by atoms with Crippen molar-refractivity contribution in [3.05, 3.63) is 209 Å². The van der Waals surface area contributed by atoms with E-state index in [9.17, 15) is 16.2 Å². The highest BCUT2D eigenvalue weighted by atomic mass is 16.3. The van der Waals surface area contributed by atoms with Gasteiger partial charge >= 0.3 is 0 Å². The van der Waals surface area contributed by atoms with Crippen LogP contribution < -0.4 is 0 Å². The van der Waals surface area contributed by atoms with E-state index in [1.807, 2.05) is 105 Å². The molecule has 0 N–H and O–H groups in total. The maximum atomic E-state index is 9.61. The van der Waals surface area contributed by atoms with Crippen molar-refractivity contribution in [2.24, 2.45) is 0 Å². The first-order valence-electron chi connectivity index (χ1n) is 24.3. The smallest absolute Gasteiger partial charge is 0.144 e. The van der Waals surface area contributed by atoms with E-state index in [-0.39, 0.29) is 46.3 Å². The highest BCUT2D eigenvalue weighted by Gasteiger charge is 2.23. The van der Waals surface area contributed by atoms with Gasteiger partial charge in [0.15, 0.2) is 0 Å². The molecule has 9 aromatic rings. The molecule has 286 valence electrons. The minimum absolute atomic E-state index is 0.0277. The summed E-state index contributed by atoms with van der Waals surface area (Å²) in [6, 6.07) is 41.6. The van der Waals surface area contributed by atoms with E-state index in [1.165, 1.54) is 48.8 Å². The van der Waals surface area contributed by atoms with Crippen molar-refractivity contribution in [2.75, 3.05) is 0 Å². The first kappa shape index (κ1) is 27.5. The summed E-state index contributed by atoms with van der Waals surface area (Å²) >= 11 is 0. The van der Waals surface area contributed by atoms with Gasteiger partial charge in [-0.05, 0) is 113 Å². The number of pyridine rings is 3. The average molecular weight is 775 g/mol. The lowest BCUT2D eigenvalue weighted by Gasteiger charge is -2.26. The third-order valence-electron chi connectivity index (χ3n) is 10.3. The Morgan fingerprint density at radius 2 is 1.17 bits per heavy atom. The molecule has 5 nitrogen and oxygen atoms in total. The molecule has 0 aliphatic rings. The van der Waals surface area contributed by atoms with Gasteiger partial charge < -0.3 is 4.42 Å². The monoisotopic (exact) mass is 774 g/mol. The SMILES string of the molecule is [2H]c1cc2oc3c(-c4ccc(C(C)(C)Cc5cc(C([2H])([2H])C([2H])([2H])c6ccc(-c7ccccc7)nc6)cc(C([2H])([2H])C([2H])([2H])c6ccc(-c7ccccc7)nc6)c5)cn4)cccc3c2c([2H])c1C#N. The normalized spacial score (nSPS) is 15.0. The molecule has 0 unspecified atom stereocenters. The molecular formula is C54H44N4O. The first-order chi connectivity index (χ1) is 32.7. The molecule has 0 aliphatic carbocycles. The Balaban J connectivity index is 1.09. The number of aromatic nitrogens is 3. The van der Waals surface area contributed by atoms with Crippen molar-refractivity contribution in [3.63, 3.8) is 0 Å². The van der Waals surface area contributed by atoms with Crippen LogP contribution in [0.15, 0.2) is 175 Å². The summed E-state index contributed by atoms with van der Waals surface area (Å²) in [7, 11) is 0. The Morgan fingerprint density at radius 3 is 1.73 bits per heavy atom. The fourth-order valence-electron chi connectivity index (χ4n) is 7.22. The third kappa shape index (κ3) is 8.30. The van der Waals surface area contributed by atoms with E-state index in [0.29, 0.717) is 50.1 Å². The Hall–Kier alpha value is -7.16. The van der Waals surface area contributed by atoms with Crippen LogP contribution in [-0.2, 0) is 37.3 Å². The van der Waals surface area contributed by atoms with Crippen LogP contribution in [0.5, 0.6) is 0 Å². The molecule has 0 amide bonds. The highest BCUT2D eigenvalue weighted by Crippen LogP contribution is 2.37. The molecule has 0 saturated heterocycles. The minimum atomic E-state index is -2.78. The van der Waals surface area contributed by atoms with E-state index in [4.69, 9.17) is 12.1 Å². The number of benzene rings is 5. The largest absolute Gasteiger partial charge is 0.455 e. The number of nitriles is 1. The summed E-state index contributed by atoms with van der Waals surface area (Å²) in [6.45, 7) is 3.91. The lowest BCUT2D eigenvalue weighted by molar-refractivity contribution is 0.520. The van der Waals surface area contributed by atoms with Crippen molar-refractivity contribution < 1.29 is 18.1 Å². The predicted molar refractivity (Wildman–Crippen MR) is 239 cm³/mol. The Morgan fingerprint density at radius 1 is 0.593 bits per heavy atom. The van der Waals surface area contributed by atoms with Gasteiger partial charge in [0.1, 0.15) is 11.2 Å². The zero-order chi connectivity index (χ0) is 49.1. The van der Waals surface area contributed by atoms with Gasteiger partial charge in [-0.15, -0.1) is 0 Å². The molecule has 0 aliphatic heterocycles. The lowest BCUT2D eigenvalue weighted by atomic mass is 9.79. The Bertz CT molecular complexity index is 3280. The van der Waals surface area contributed by atoms with Crippen molar-refractivity contribution in [1.82, 2.24) is 15.0 Å². The number of aryl methyl sites for hydroxylation is 4.